The number of amides is 1. The highest BCUT2D eigenvalue weighted by molar-refractivity contribution is 5.89. The van der Waals surface area contributed by atoms with Crippen LogP contribution in [0, 0.1) is 0 Å². The van der Waals surface area contributed by atoms with Crippen LogP contribution < -0.4 is 9.47 Å². The van der Waals surface area contributed by atoms with E-state index in [9.17, 15) is 9.59 Å². The van der Waals surface area contributed by atoms with Gasteiger partial charge in [-0.2, -0.15) is 0 Å². The Balaban J connectivity index is 0.929. The Morgan fingerprint density at radius 1 is 0.556 bits per heavy atom. The zero-order valence-corrected chi connectivity index (χ0v) is 31.7. The van der Waals surface area contributed by atoms with Gasteiger partial charge < -0.3 is 28.6 Å². The summed E-state index contributed by atoms with van der Waals surface area (Å²) in [5.74, 6) is 1.01. The molecular weight excluding hydrogens is 679 g/mol. The number of carbonyl (C=O) groups is 2. The van der Waals surface area contributed by atoms with Crippen LogP contribution >= 0.6 is 0 Å². The van der Waals surface area contributed by atoms with Crippen molar-refractivity contribution in [2.45, 2.75) is 52.3 Å². The van der Waals surface area contributed by atoms with E-state index in [1.54, 1.807) is 31.2 Å². The molecular formula is C46H51NO7. The van der Waals surface area contributed by atoms with Crippen LogP contribution in [0.4, 0.5) is 0 Å². The standard InChI is InChI=1S/C46H51NO7/c1-35(48)47(33-36-15-21-41(22-16-36)46(2,3)4)34-37-17-23-42(24-18-37)52-31-29-50-27-28-51-30-32-53-43-25-19-40(20-26-43)45(49)54-44(38-11-7-5-8-12-38)39-13-9-6-10-14-39/h5-26,44H,27-34H2,1-4H3. The van der Waals surface area contributed by atoms with E-state index in [0.29, 0.717) is 64.0 Å². The second-order valence-electron chi connectivity index (χ2n) is 14.0. The number of hydrogen-bond acceptors (Lipinski definition) is 7. The summed E-state index contributed by atoms with van der Waals surface area (Å²) in [6, 6.07) is 42.6. The molecule has 0 heterocycles. The molecule has 5 aromatic rings. The number of esters is 1. The molecule has 0 aliphatic carbocycles. The molecule has 0 saturated heterocycles. The monoisotopic (exact) mass is 729 g/mol. The molecule has 0 aliphatic rings. The van der Waals surface area contributed by atoms with Gasteiger partial charge in [-0.15, -0.1) is 0 Å². The molecule has 0 fully saturated rings. The highest BCUT2D eigenvalue weighted by Gasteiger charge is 2.20. The molecule has 8 heteroatoms. The highest BCUT2D eigenvalue weighted by Crippen LogP contribution is 2.28. The van der Waals surface area contributed by atoms with E-state index in [-0.39, 0.29) is 11.3 Å². The van der Waals surface area contributed by atoms with E-state index < -0.39 is 12.1 Å². The molecule has 0 unspecified atom stereocenters. The number of benzene rings is 5. The molecule has 54 heavy (non-hydrogen) atoms. The van der Waals surface area contributed by atoms with Gasteiger partial charge in [0.1, 0.15) is 24.7 Å². The van der Waals surface area contributed by atoms with Gasteiger partial charge in [-0.3, -0.25) is 4.79 Å². The predicted molar refractivity (Wildman–Crippen MR) is 211 cm³/mol. The van der Waals surface area contributed by atoms with Gasteiger partial charge in [0, 0.05) is 20.0 Å². The molecule has 0 N–H and O–H groups in total. The number of ether oxygens (including phenoxy) is 5. The van der Waals surface area contributed by atoms with Gasteiger partial charge in [0.15, 0.2) is 6.10 Å². The zero-order chi connectivity index (χ0) is 38.2. The maximum absolute atomic E-state index is 13.0. The Morgan fingerprint density at radius 3 is 1.43 bits per heavy atom. The Kier molecular flexibility index (Phi) is 14.8. The van der Waals surface area contributed by atoms with Crippen molar-refractivity contribution in [2.24, 2.45) is 0 Å². The van der Waals surface area contributed by atoms with E-state index in [1.165, 1.54) is 5.56 Å². The van der Waals surface area contributed by atoms with Crippen LogP contribution in [0.3, 0.4) is 0 Å². The molecule has 0 aromatic heterocycles. The third-order valence-electron chi connectivity index (χ3n) is 8.82. The van der Waals surface area contributed by atoms with Crippen LogP contribution in [0.2, 0.25) is 0 Å². The minimum absolute atomic E-state index is 0.0341. The van der Waals surface area contributed by atoms with Gasteiger partial charge in [0.05, 0.1) is 32.0 Å². The van der Waals surface area contributed by atoms with Gasteiger partial charge in [0.25, 0.3) is 0 Å². The van der Waals surface area contributed by atoms with Crippen molar-refractivity contribution < 1.29 is 33.3 Å². The Hall–Kier alpha value is -5.44. The van der Waals surface area contributed by atoms with Crippen molar-refractivity contribution >= 4 is 11.9 Å². The minimum atomic E-state index is -0.506. The Morgan fingerprint density at radius 2 is 0.981 bits per heavy atom. The van der Waals surface area contributed by atoms with Crippen molar-refractivity contribution in [2.75, 3.05) is 39.6 Å². The second kappa shape index (κ2) is 20.1. The summed E-state index contributed by atoms with van der Waals surface area (Å²) in [5, 5.41) is 0. The molecule has 0 atom stereocenters. The molecule has 0 saturated carbocycles. The SMILES string of the molecule is CC(=O)N(Cc1ccc(OCCOCCOCCOc2ccc(C(=O)OC(c3ccccc3)c3ccccc3)cc2)cc1)Cc1ccc(C(C)(C)C)cc1. The van der Waals surface area contributed by atoms with Crippen LogP contribution in [0.15, 0.2) is 133 Å². The maximum atomic E-state index is 13.0. The smallest absolute Gasteiger partial charge is 0.339 e. The molecule has 0 bridgehead atoms. The largest absolute Gasteiger partial charge is 0.491 e. The molecule has 0 radical (unpaired) electrons. The maximum Gasteiger partial charge on any atom is 0.339 e. The fraction of sp³-hybridized carbons (Fsp3) is 0.304. The summed E-state index contributed by atoms with van der Waals surface area (Å²) in [6.07, 6.45) is -0.506. The highest BCUT2D eigenvalue weighted by atomic mass is 16.6. The third kappa shape index (κ3) is 12.6. The lowest BCUT2D eigenvalue weighted by Gasteiger charge is -2.23. The van der Waals surface area contributed by atoms with E-state index in [2.05, 4.69) is 45.0 Å². The van der Waals surface area contributed by atoms with Crippen LogP contribution in [0.1, 0.15) is 72.0 Å². The van der Waals surface area contributed by atoms with Gasteiger partial charge >= 0.3 is 5.97 Å². The fourth-order valence-electron chi connectivity index (χ4n) is 5.73. The summed E-state index contributed by atoms with van der Waals surface area (Å²) in [5.41, 5.74) is 5.77. The first-order chi connectivity index (χ1) is 26.2. The first-order valence-electron chi connectivity index (χ1n) is 18.4. The lowest BCUT2D eigenvalue weighted by Crippen LogP contribution is -2.27. The third-order valence-corrected chi connectivity index (χ3v) is 8.82. The molecule has 5 rings (SSSR count). The van der Waals surface area contributed by atoms with Crippen molar-refractivity contribution in [3.8, 4) is 11.5 Å². The molecule has 1 amide bonds. The molecule has 0 aliphatic heterocycles. The van der Waals surface area contributed by atoms with Crippen LogP contribution in [-0.2, 0) is 37.5 Å². The van der Waals surface area contributed by atoms with E-state index in [4.69, 9.17) is 23.7 Å². The van der Waals surface area contributed by atoms with Crippen molar-refractivity contribution in [1.82, 2.24) is 4.90 Å². The minimum Gasteiger partial charge on any atom is -0.491 e. The number of hydrogen-bond donors (Lipinski definition) is 0. The average molecular weight is 730 g/mol. The van der Waals surface area contributed by atoms with Crippen LogP contribution in [0.25, 0.3) is 0 Å². The van der Waals surface area contributed by atoms with E-state index >= 15 is 0 Å². The van der Waals surface area contributed by atoms with Crippen molar-refractivity contribution in [3.63, 3.8) is 0 Å². The van der Waals surface area contributed by atoms with Gasteiger partial charge in [-0.25, -0.2) is 4.79 Å². The molecule has 282 valence electrons. The van der Waals surface area contributed by atoms with Crippen LogP contribution in [-0.4, -0.2) is 56.4 Å². The summed E-state index contributed by atoms with van der Waals surface area (Å²) in [4.78, 5) is 27.3. The zero-order valence-electron chi connectivity index (χ0n) is 31.7. The lowest BCUT2D eigenvalue weighted by molar-refractivity contribution is -0.130. The Bertz CT molecular complexity index is 1810. The quantitative estimate of drug-likeness (QED) is 0.0620. The number of carbonyl (C=O) groups excluding carboxylic acids is 2. The summed E-state index contributed by atoms with van der Waals surface area (Å²) in [7, 11) is 0. The number of rotatable bonds is 19. The predicted octanol–water partition coefficient (Wildman–Crippen LogP) is 8.97. The number of nitrogens with zero attached hydrogens (tertiary/aromatic N) is 1. The average Bonchev–Trinajstić information content (AvgIpc) is 3.18. The van der Waals surface area contributed by atoms with E-state index in [0.717, 1.165) is 28.0 Å². The second-order valence-corrected chi connectivity index (χ2v) is 14.0. The summed E-state index contributed by atoms with van der Waals surface area (Å²) in [6.45, 7) is 11.8. The van der Waals surface area contributed by atoms with Crippen LogP contribution in [0.5, 0.6) is 11.5 Å². The topological polar surface area (TPSA) is 83.5 Å². The van der Waals surface area contributed by atoms with Crippen molar-refractivity contribution in [1.29, 1.82) is 0 Å². The lowest BCUT2D eigenvalue weighted by atomic mass is 9.87. The van der Waals surface area contributed by atoms with Gasteiger partial charge in [0.2, 0.25) is 5.91 Å². The van der Waals surface area contributed by atoms with Gasteiger partial charge in [-0.1, -0.05) is 118 Å². The summed E-state index contributed by atoms with van der Waals surface area (Å²) < 4.78 is 28.8. The molecule has 0 spiro atoms. The Labute approximate surface area is 319 Å². The van der Waals surface area contributed by atoms with E-state index in [1.807, 2.05) is 89.8 Å². The molecule has 5 aromatic carbocycles. The fourth-order valence-corrected chi connectivity index (χ4v) is 5.73. The normalized spacial score (nSPS) is 11.3. The summed E-state index contributed by atoms with van der Waals surface area (Å²) >= 11 is 0. The first-order valence-corrected chi connectivity index (χ1v) is 18.4. The first kappa shape index (κ1) is 39.8. The van der Waals surface area contributed by atoms with Gasteiger partial charge in [-0.05, 0) is 69.6 Å². The van der Waals surface area contributed by atoms with Crippen molar-refractivity contribution in [3.05, 3.63) is 167 Å². The molecule has 8 nitrogen and oxygen atoms in total.